The number of carbonyl (C=O) groups excluding carboxylic acids is 1. The number of aryl methyl sites for hydroxylation is 2. The largest absolute Gasteiger partial charge is 0.355 e. The van der Waals surface area contributed by atoms with E-state index in [1.54, 1.807) is 6.33 Å². The van der Waals surface area contributed by atoms with Crippen molar-refractivity contribution in [2.45, 2.75) is 84.2 Å². The number of hydrogen-bond donors (Lipinski definition) is 1. The third-order valence-electron chi connectivity index (χ3n) is 8.07. The second-order valence-electron chi connectivity index (χ2n) is 10.0. The van der Waals surface area contributed by atoms with Gasteiger partial charge in [0.05, 0.1) is 0 Å². The van der Waals surface area contributed by atoms with Gasteiger partial charge in [0.2, 0.25) is 5.91 Å². The van der Waals surface area contributed by atoms with Gasteiger partial charge in [0.15, 0.2) is 17.0 Å². The van der Waals surface area contributed by atoms with E-state index in [9.17, 15) is 4.79 Å². The lowest BCUT2D eigenvalue weighted by atomic mass is 9.78. The van der Waals surface area contributed by atoms with Gasteiger partial charge in [0.1, 0.15) is 12.2 Å². The van der Waals surface area contributed by atoms with Gasteiger partial charge in [0.25, 0.3) is 0 Å². The molecule has 1 saturated carbocycles. The van der Waals surface area contributed by atoms with Crippen LogP contribution in [0.3, 0.4) is 0 Å². The Morgan fingerprint density at radius 2 is 1.84 bits per heavy atom. The Kier molecular flexibility index (Phi) is 5.85. The summed E-state index contributed by atoms with van der Waals surface area (Å²) in [4.78, 5) is 29.4. The number of nitrogens with one attached hydrogen (secondary N) is 1. The monoisotopic (exact) mass is 424 g/mol. The maximum absolute atomic E-state index is 13.0. The van der Waals surface area contributed by atoms with Gasteiger partial charge in [-0.1, -0.05) is 33.1 Å². The summed E-state index contributed by atoms with van der Waals surface area (Å²) in [6, 6.07) is 0.344. The van der Waals surface area contributed by atoms with Crippen LogP contribution in [-0.4, -0.2) is 44.6 Å². The number of hydrogen-bond acceptors (Lipinski definition) is 5. The number of piperidine rings is 1. The summed E-state index contributed by atoms with van der Waals surface area (Å²) < 4.78 is 2.29. The molecule has 7 nitrogen and oxygen atoms in total. The van der Waals surface area contributed by atoms with Gasteiger partial charge in [0, 0.05) is 38.0 Å². The molecule has 3 unspecified atom stereocenters. The van der Waals surface area contributed by atoms with E-state index in [0.29, 0.717) is 17.9 Å². The molecule has 3 atom stereocenters. The lowest BCUT2D eigenvalue weighted by Gasteiger charge is -2.37. The lowest BCUT2D eigenvalue weighted by Crippen LogP contribution is -2.48. The van der Waals surface area contributed by atoms with Crippen LogP contribution >= 0.6 is 0 Å². The Morgan fingerprint density at radius 3 is 2.68 bits per heavy atom. The second kappa shape index (κ2) is 8.75. The zero-order chi connectivity index (χ0) is 21.4. The van der Waals surface area contributed by atoms with Crippen molar-refractivity contribution in [3.8, 4) is 0 Å². The van der Waals surface area contributed by atoms with Gasteiger partial charge >= 0.3 is 0 Å². The first kappa shape index (κ1) is 20.7. The molecule has 0 radical (unpaired) electrons. The van der Waals surface area contributed by atoms with E-state index >= 15 is 0 Å². The number of aromatic nitrogens is 4. The van der Waals surface area contributed by atoms with E-state index in [1.807, 2.05) is 0 Å². The summed E-state index contributed by atoms with van der Waals surface area (Å²) in [5.74, 6) is 3.73. The molecule has 2 aromatic rings. The molecule has 2 aliphatic heterocycles. The third kappa shape index (κ3) is 4.03. The quantitative estimate of drug-likeness (QED) is 0.813. The Bertz CT molecular complexity index is 932. The van der Waals surface area contributed by atoms with Gasteiger partial charge < -0.3 is 14.8 Å². The number of carbonyl (C=O) groups is 1. The Labute approximate surface area is 185 Å². The predicted octanol–water partition coefficient (Wildman–Crippen LogP) is 3.71. The normalized spacial score (nSPS) is 27.7. The molecule has 1 aliphatic carbocycles. The van der Waals surface area contributed by atoms with Crippen molar-refractivity contribution < 1.29 is 4.79 Å². The van der Waals surface area contributed by atoms with E-state index in [1.165, 1.54) is 32.1 Å². The highest BCUT2D eigenvalue weighted by atomic mass is 16.2. The Hall–Kier alpha value is -2.18. The molecule has 31 heavy (non-hydrogen) atoms. The van der Waals surface area contributed by atoms with Gasteiger partial charge in [-0.25, -0.2) is 15.0 Å². The van der Waals surface area contributed by atoms with Crippen molar-refractivity contribution >= 4 is 22.9 Å². The highest BCUT2D eigenvalue weighted by Crippen LogP contribution is 2.32. The smallest absolute Gasteiger partial charge is 0.223 e. The van der Waals surface area contributed by atoms with Gasteiger partial charge in [-0.15, -0.1) is 0 Å². The summed E-state index contributed by atoms with van der Waals surface area (Å²) in [6.07, 6.45) is 11.8. The minimum absolute atomic E-state index is 0.108. The van der Waals surface area contributed by atoms with E-state index in [4.69, 9.17) is 4.98 Å². The average Bonchev–Trinajstić information content (AvgIpc) is 2.98. The molecule has 3 aliphatic rings. The fourth-order valence-corrected chi connectivity index (χ4v) is 5.80. The fourth-order valence-electron chi connectivity index (χ4n) is 5.80. The van der Waals surface area contributed by atoms with Crippen LogP contribution in [0.5, 0.6) is 0 Å². The van der Waals surface area contributed by atoms with Crippen LogP contribution in [0, 0.1) is 17.8 Å². The van der Waals surface area contributed by atoms with E-state index in [0.717, 1.165) is 68.1 Å². The summed E-state index contributed by atoms with van der Waals surface area (Å²) in [5, 5.41) is 3.39. The van der Waals surface area contributed by atoms with Crippen molar-refractivity contribution in [1.82, 2.24) is 24.8 Å². The topological polar surface area (TPSA) is 75.9 Å². The highest BCUT2D eigenvalue weighted by molar-refractivity contribution is 5.84. The molecule has 0 bridgehead atoms. The second-order valence-corrected chi connectivity index (χ2v) is 10.0. The molecule has 1 amide bonds. The zero-order valence-corrected chi connectivity index (χ0v) is 19.0. The molecule has 168 valence electrons. The molecular formula is C24H36N6O. The van der Waals surface area contributed by atoms with Crippen molar-refractivity contribution in [3.05, 3.63) is 12.2 Å². The van der Waals surface area contributed by atoms with Crippen molar-refractivity contribution in [3.63, 3.8) is 0 Å². The van der Waals surface area contributed by atoms with Crippen molar-refractivity contribution in [2.24, 2.45) is 17.8 Å². The summed E-state index contributed by atoms with van der Waals surface area (Å²) >= 11 is 0. The van der Waals surface area contributed by atoms with Crippen molar-refractivity contribution in [2.75, 3.05) is 18.0 Å². The number of fused-ring (bicyclic) bond motifs is 3. The number of imidazole rings is 1. The fraction of sp³-hybridized carbons (Fsp3) is 0.750. The first-order chi connectivity index (χ1) is 15.1. The van der Waals surface area contributed by atoms with Crippen molar-refractivity contribution in [1.29, 1.82) is 0 Å². The standard InChI is InChI=1S/C24H36N6O/c1-16-7-6-8-19(17(16)2)27-24(31)18-10-13-29(14-11-18)22-21-23(26-15-25-22)30-12-5-3-4-9-20(30)28-21/h15-19H,3-14H2,1-2H3,(H,27,31). The van der Waals surface area contributed by atoms with Crippen LogP contribution in [0.4, 0.5) is 5.82 Å². The molecule has 0 aromatic carbocycles. The molecule has 5 rings (SSSR count). The summed E-state index contributed by atoms with van der Waals surface area (Å²) in [7, 11) is 0. The van der Waals surface area contributed by atoms with Crippen LogP contribution in [0.15, 0.2) is 6.33 Å². The minimum Gasteiger partial charge on any atom is -0.355 e. The molecule has 2 aromatic heterocycles. The van der Waals surface area contributed by atoms with Crippen LogP contribution in [-0.2, 0) is 17.8 Å². The molecule has 1 saturated heterocycles. The lowest BCUT2D eigenvalue weighted by molar-refractivity contribution is -0.127. The first-order valence-corrected chi connectivity index (χ1v) is 12.4. The molecule has 2 fully saturated rings. The van der Waals surface area contributed by atoms with Crippen LogP contribution in [0.2, 0.25) is 0 Å². The number of rotatable bonds is 3. The van der Waals surface area contributed by atoms with Crippen LogP contribution < -0.4 is 10.2 Å². The predicted molar refractivity (Wildman–Crippen MR) is 122 cm³/mol. The van der Waals surface area contributed by atoms with E-state index in [-0.39, 0.29) is 11.8 Å². The maximum atomic E-state index is 13.0. The Balaban J connectivity index is 1.25. The van der Waals surface area contributed by atoms with Crippen LogP contribution in [0.25, 0.3) is 11.2 Å². The third-order valence-corrected chi connectivity index (χ3v) is 8.07. The molecule has 7 heteroatoms. The minimum atomic E-state index is 0.108. The average molecular weight is 425 g/mol. The van der Waals surface area contributed by atoms with E-state index in [2.05, 4.69) is 38.6 Å². The van der Waals surface area contributed by atoms with Gasteiger partial charge in [-0.2, -0.15) is 0 Å². The van der Waals surface area contributed by atoms with Crippen LogP contribution in [0.1, 0.15) is 71.0 Å². The van der Waals surface area contributed by atoms with Gasteiger partial charge in [-0.05, 0) is 43.9 Å². The summed E-state index contributed by atoms with van der Waals surface area (Å²) in [6.45, 7) is 7.32. The zero-order valence-electron chi connectivity index (χ0n) is 19.0. The Morgan fingerprint density at radius 1 is 1.00 bits per heavy atom. The van der Waals surface area contributed by atoms with E-state index < -0.39 is 0 Å². The molecule has 1 N–H and O–H groups in total. The number of anilines is 1. The first-order valence-electron chi connectivity index (χ1n) is 12.4. The molecule has 0 spiro atoms. The summed E-state index contributed by atoms with van der Waals surface area (Å²) in [5.41, 5.74) is 1.91. The number of nitrogens with zero attached hydrogens (tertiary/aromatic N) is 5. The SMILES string of the molecule is CC1CCCC(NC(=O)C2CCN(c3ncnc4c3nc3n4CCCCC3)CC2)C1C. The highest BCUT2D eigenvalue weighted by Gasteiger charge is 2.32. The molecule has 4 heterocycles. The maximum Gasteiger partial charge on any atom is 0.223 e. The molecular weight excluding hydrogens is 388 g/mol. The van der Waals surface area contributed by atoms with Gasteiger partial charge in [-0.3, -0.25) is 4.79 Å². The number of amides is 1.